The molecule has 0 radical (unpaired) electrons. The van der Waals surface area contributed by atoms with Crippen molar-refractivity contribution in [2.75, 3.05) is 0 Å². The minimum Gasteiger partial charge on any atom is -0.309 e. The van der Waals surface area contributed by atoms with Crippen LogP contribution in [-0.4, -0.2) is 24.1 Å². The van der Waals surface area contributed by atoms with Crippen LogP contribution in [0.1, 0.15) is 50.8 Å². The molecule has 2 unspecified atom stereocenters. The van der Waals surface area contributed by atoms with Crippen molar-refractivity contribution in [3.63, 3.8) is 0 Å². The van der Waals surface area contributed by atoms with Gasteiger partial charge in [0.2, 0.25) is 5.95 Å². The maximum Gasteiger partial charge on any atom is 0.238 e. The summed E-state index contributed by atoms with van der Waals surface area (Å²) in [5.41, 5.74) is 14.5. The van der Waals surface area contributed by atoms with Gasteiger partial charge in [-0.25, -0.2) is 4.98 Å². The van der Waals surface area contributed by atoms with Gasteiger partial charge < -0.3 is 4.57 Å². The number of para-hydroxylation sites is 2. The van der Waals surface area contributed by atoms with E-state index >= 15 is 0 Å². The Labute approximate surface area is 337 Å². The molecule has 0 saturated carbocycles. The van der Waals surface area contributed by atoms with Crippen molar-refractivity contribution in [1.29, 1.82) is 0 Å². The van der Waals surface area contributed by atoms with Gasteiger partial charge in [-0.15, -0.1) is 0 Å². The molecule has 3 aromatic heterocycles. The third-order valence-electron chi connectivity index (χ3n) is 13.6. The van der Waals surface area contributed by atoms with Crippen LogP contribution in [0, 0.1) is 5.92 Å². The molecule has 58 heavy (non-hydrogen) atoms. The van der Waals surface area contributed by atoms with Crippen molar-refractivity contribution in [2.24, 2.45) is 5.92 Å². The summed E-state index contributed by atoms with van der Waals surface area (Å²) in [4.78, 5) is 15.7. The summed E-state index contributed by atoms with van der Waals surface area (Å²) in [7, 11) is 0. The van der Waals surface area contributed by atoms with Crippen LogP contribution in [0.5, 0.6) is 0 Å². The Bertz CT molecular complexity index is 3300. The number of aromatic nitrogens is 5. The third-order valence-corrected chi connectivity index (χ3v) is 13.6. The Balaban J connectivity index is 1.15. The van der Waals surface area contributed by atoms with E-state index in [9.17, 15) is 0 Å². The lowest BCUT2D eigenvalue weighted by Crippen LogP contribution is -2.45. The lowest BCUT2D eigenvalue weighted by atomic mass is 9.54. The van der Waals surface area contributed by atoms with Crippen molar-refractivity contribution < 1.29 is 0 Å². The molecule has 4 heterocycles. The van der Waals surface area contributed by atoms with Crippen molar-refractivity contribution >= 4 is 43.6 Å². The van der Waals surface area contributed by atoms with Crippen molar-refractivity contribution in [2.45, 2.75) is 44.9 Å². The largest absolute Gasteiger partial charge is 0.309 e. The van der Waals surface area contributed by atoms with E-state index in [-0.39, 0.29) is 10.8 Å². The quantitative estimate of drug-likeness (QED) is 0.180. The first-order chi connectivity index (χ1) is 28.3. The second kappa shape index (κ2) is 11.8. The first kappa shape index (κ1) is 33.3. The van der Waals surface area contributed by atoms with Crippen LogP contribution in [0.2, 0.25) is 0 Å². The van der Waals surface area contributed by atoms with Crippen LogP contribution in [0.15, 0.2) is 158 Å². The first-order valence-electron chi connectivity index (χ1n) is 20.4. The van der Waals surface area contributed by atoms with Crippen LogP contribution >= 0.6 is 0 Å². The van der Waals surface area contributed by atoms with Crippen LogP contribution in [0.4, 0.5) is 0 Å². The van der Waals surface area contributed by atoms with Crippen LogP contribution in [-0.2, 0) is 10.8 Å². The summed E-state index contributed by atoms with van der Waals surface area (Å²) < 4.78 is 4.82. The zero-order chi connectivity index (χ0) is 38.9. The number of hydrogen-bond donors (Lipinski definition) is 0. The number of rotatable bonds is 4. The number of nitrogens with zero attached hydrogens (tertiary/aromatic N) is 5. The van der Waals surface area contributed by atoms with Gasteiger partial charge in [0.1, 0.15) is 0 Å². The fourth-order valence-corrected chi connectivity index (χ4v) is 10.7. The molecule has 10 aromatic rings. The summed E-state index contributed by atoms with van der Waals surface area (Å²) in [6.07, 6.45) is 1.15. The topological polar surface area (TPSA) is 48.5 Å². The van der Waals surface area contributed by atoms with Crippen molar-refractivity contribution in [3.8, 4) is 45.5 Å². The molecule has 12 rings (SSSR count). The lowest BCUT2D eigenvalue weighted by molar-refractivity contribution is 0.250. The Morgan fingerprint density at radius 1 is 0.483 bits per heavy atom. The highest BCUT2D eigenvalue weighted by Gasteiger charge is 2.50. The maximum absolute atomic E-state index is 5.31. The molecule has 2 atom stereocenters. The molecular formula is C53H41N5. The molecule has 1 aliphatic carbocycles. The molecule has 0 spiro atoms. The van der Waals surface area contributed by atoms with Gasteiger partial charge in [0.05, 0.1) is 27.8 Å². The van der Waals surface area contributed by atoms with Crippen molar-refractivity contribution in [3.05, 3.63) is 174 Å². The van der Waals surface area contributed by atoms with E-state index in [1.807, 2.05) is 24.3 Å². The third kappa shape index (κ3) is 4.50. The monoisotopic (exact) mass is 747 g/mol. The first-order valence-corrected chi connectivity index (χ1v) is 20.4. The Hall–Kier alpha value is -6.85. The fraction of sp³-hybridized carbons (Fsp3) is 0.151. The van der Waals surface area contributed by atoms with Crippen LogP contribution in [0.3, 0.4) is 0 Å². The normalized spacial score (nSPS) is 18.0. The van der Waals surface area contributed by atoms with E-state index in [4.69, 9.17) is 15.0 Å². The second-order valence-corrected chi connectivity index (χ2v) is 17.3. The summed E-state index contributed by atoms with van der Waals surface area (Å²) in [6.45, 7) is 9.82. The molecule has 0 amide bonds. The molecule has 0 saturated heterocycles. The molecule has 1 aliphatic heterocycles. The highest BCUT2D eigenvalue weighted by atomic mass is 15.2. The standard InChI is InChI=1S/C53H41N5/c1-32-31-52(2,3)41-21-14-24-44-47(41)53(32,4)42-22-13-20-38-40-29-39-37-19-11-12-23-43(37)58(46(39)30-45(40)57(44)48(38)42)51-55-49(35-17-9-6-10-18-35)54-50(56-51)36-27-25-34(26-28-36)33-15-7-5-8-16-33/h5-30,32H,31H2,1-4H3. The van der Waals surface area contributed by atoms with Gasteiger partial charge in [-0.05, 0) is 69.8 Å². The number of fused-ring (bicyclic) bond motifs is 8. The second-order valence-electron chi connectivity index (χ2n) is 17.3. The zero-order valence-corrected chi connectivity index (χ0v) is 33.0. The van der Waals surface area contributed by atoms with E-state index < -0.39 is 0 Å². The summed E-state index contributed by atoms with van der Waals surface area (Å²) >= 11 is 0. The van der Waals surface area contributed by atoms with Gasteiger partial charge in [0, 0.05) is 38.1 Å². The molecular weight excluding hydrogens is 707 g/mol. The van der Waals surface area contributed by atoms with Gasteiger partial charge in [0.25, 0.3) is 0 Å². The van der Waals surface area contributed by atoms with E-state index in [0.29, 0.717) is 23.5 Å². The predicted octanol–water partition coefficient (Wildman–Crippen LogP) is 13.0. The molecule has 5 heteroatoms. The Morgan fingerprint density at radius 3 is 1.81 bits per heavy atom. The van der Waals surface area contributed by atoms with E-state index in [2.05, 4.69) is 170 Å². The molecule has 7 aromatic carbocycles. The van der Waals surface area contributed by atoms with Gasteiger partial charge in [-0.1, -0.05) is 161 Å². The SMILES string of the molecule is CC1CC(C)(C)c2cccc3c2C1(C)c1cccc2c4cc5c6ccccc6n(-c6nc(-c7ccccc7)nc(-c7ccc(-c8ccccc8)cc7)n6)c5cc4n-3c12. The highest BCUT2D eigenvalue weighted by Crippen LogP contribution is 2.58. The molecule has 5 nitrogen and oxygen atoms in total. The smallest absolute Gasteiger partial charge is 0.238 e. The van der Waals surface area contributed by atoms with Crippen molar-refractivity contribution in [1.82, 2.24) is 24.1 Å². The van der Waals surface area contributed by atoms with E-state index in [1.54, 1.807) is 0 Å². The van der Waals surface area contributed by atoms with E-state index in [0.717, 1.165) is 34.1 Å². The van der Waals surface area contributed by atoms with Crippen LogP contribution < -0.4 is 0 Å². The predicted molar refractivity (Wildman–Crippen MR) is 238 cm³/mol. The van der Waals surface area contributed by atoms with Gasteiger partial charge in [-0.3, -0.25) is 4.57 Å². The lowest BCUT2D eigenvalue weighted by Gasteiger charge is -2.51. The molecule has 2 aliphatic rings. The summed E-state index contributed by atoms with van der Waals surface area (Å²) in [5.74, 6) is 2.35. The van der Waals surface area contributed by atoms with Gasteiger partial charge in [0.15, 0.2) is 11.6 Å². The van der Waals surface area contributed by atoms with Crippen LogP contribution in [0.25, 0.3) is 89.2 Å². The Kier molecular flexibility index (Phi) is 6.80. The summed E-state index contributed by atoms with van der Waals surface area (Å²) in [5, 5.41) is 4.91. The molecule has 0 fully saturated rings. The van der Waals surface area contributed by atoms with Gasteiger partial charge in [-0.2, -0.15) is 9.97 Å². The highest BCUT2D eigenvalue weighted by molar-refractivity contribution is 6.20. The summed E-state index contributed by atoms with van der Waals surface area (Å²) in [6, 6.07) is 56.8. The average molecular weight is 748 g/mol. The van der Waals surface area contributed by atoms with Gasteiger partial charge >= 0.3 is 0 Å². The molecule has 0 N–H and O–H groups in total. The number of hydrogen-bond acceptors (Lipinski definition) is 3. The van der Waals surface area contributed by atoms with E-state index in [1.165, 1.54) is 60.5 Å². The maximum atomic E-state index is 5.31. The number of benzene rings is 7. The average Bonchev–Trinajstić information content (AvgIpc) is 3.77. The fourth-order valence-electron chi connectivity index (χ4n) is 10.7. The Morgan fingerprint density at radius 2 is 1.05 bits per heavy atom. The minimum atomic E-state index is -0.0961. The molecule has 0 bridgehead atoms. The zero-order valence-electron chi connectivity index (χ0n) is 33.0. The molecule has 278 valence electrons. The minimum absolute atomic E-state index is 0.0764.